The second kappa shape index (κ2) is 6.37. The highest BCUT2D eigenvalue weighted by atomic mass is 32.1. The Morgan fingerprint density at radius 3 is 2.65 bits per heavy atom. The van der Waals surface area contributed by atoms with Gasteiger partial charge in [-0.25, -0.2) is 0 Å². The molecule has 1 aliphatic rings. The molecular formula is C14H20N2O3S. The fourth-order valence-electron chi connectivity index (χ4n) is 2.41. The van der Waals surface area contributed by atoms with Crippen molar-refractivity contribution in [2.75, 3.05) is 12.4 Å². The standard InChI is InChI=1S/C14H20N2O3S/c1-8(19-2)13(18)16-14-11(12(15)17)9-6-4-3-5-7-10(9)20-14/h8H,3-7H2,1-2H3,(H2,15,17)(H,16,18)/t8-/m1/s1. The monoisotopic (exact) mass is 296 g/mol. The number of fused-ring (bicyclic) bond motifs is 1. The van der Waals surface area contributed by atoms with Crippen molar-refractivity contribution in [3.63, 3.8) is 0 Å². The van der Waals surface area contributed by atoms with Crippen LogP contribution >= 0.6 is 11.3 Å². The van der Waals surface area contributed by atoms with Gasteiger partial charge in [-0.3, -0.25) is 9.59 Å². The molecule has 0 saturated heterocycles. The minimum atomic E-state index is -0.558. The second-order valence-electron chi connectivity index (χ2n) is 5.00. The lowest BCUT2D eigenvalue weighted by atomic mass is 10.1. The minimum Gasteiger partial charge on any atom is -0.372 e. The Morgan fingerprint density at radius 1 is 1.30 bits per heavy atom. The van der Waals surface area contributed by atoms with Gasteiger partial charge in [-0.05, 0) is 38.2 Å². The lowest BCUT2D eigenvalue weighted by Gasteiger charge is -2.10. The van der Waals surface area contributed by atoms with Crippen LogP contribution in [0.3, 0.4) is 0 Å². The van der Waals surface area contributed by atoms with Crippen LogP contribution in [0.2, 0.25) is 0 Å². The van der Waals surface area contributed by atoms with E-state index in [1.807, 2.05) is 0 Å². The lowest BCUT2D eigenvalue weighted by Crippen LogP contribution is -2.27. The van der Waals surface area contributed by atoms with E-state index in [1.54, 1.807) is 6.92 Å². The van der Waals surface area contributed by atoms with E-state index in [0.29, 0.717) is 10.6 Å². The molecule has 2 amide bonds. The van der Waals surface area contributed by atoms with Crippen LogP contribution in [0.25, 0.3) is 0 Å². The number of amides is 2. The van der Waals surface area contributed by atoms with E-state index in [4.69, 9.17) is 10.5 Å². The molecule has 3 N–H and O–H groups in total. The number of ether oxygens (including phenoxy) is 1. The van der Waals surface area contributed by atoms with Crippen LogP contribution in [-0.2, 0) is 22.4 Å². The molecule has 1 heterocycles. The van der Waals surface area contributed by atoms with Gasteiger partial charge in [-0.2, -0.15) is 0 Å². The summed E-state index contributed by atoms with van der Waals surface area (Å²) in [6.07, 6.45) is 4.61. The summed E-state index contributed by atoms with van der Waals surface area (Å²) in [5.74, 6) is -0.726. The number of carbonyl (C=O) groups is 2. The fraction of sp³-hybridized carbons (Fsp3) is 0.571. The van der Waals surface area contributed by atoms with Gasteiger partial charge in [0.15, 0.2) is 0 Å². The van der Waals surface area contributed by atoms with E-state index in [1.165, 1.54) is 29.7 Å². The molecular weight excluding hydrogens is 276 g/mol. The van der Waals surface area contributed by atoms with E-state index in [0.717, 1.165) is 31.2 Å². The Bertz CT molecular complexity index is 525. The first-order chi connectivity index (χ1) is 9.54. The van der Waals surface area contributed by atoms with Crippen LogP contribution in [0.5, 0.6) is 0 Å². The first-order valence-corrected chi connectivity index (χ1v) is 7.64. The zero-order chi connectivity index (χ0) is 14.7. The third-order valence-electron chi connectivity index (χ3n) is 3.63. The van der Waals surface area contributed by atoms with E-state index < -0.39 is 12.0 Å². The Morgan fingerprint density at radius 2 is 2.00 bits per heavy atom. The number of methoxy groups -OCH3 is 1. The topological polar surface area (TPSA) is 81.4 Å². The molecule has 0 aliphatic heterocycles. The lowest BCUT2D eigenvalue weighted by molar-refractivity contribution is -0.124. The molecule has 1 atom stereocenters. The summed E-state index contributed by atoms with van der Waals surface area (Å²) >= 11 is 1.47. The molecule has 20 heavy (non-hydrogen) atoms. The zero-order valence-electron chi connectivity index (χ0n) is 11.8. The van der Waals surface area contributed by atoms with Crippen molar-refractivity contribution < 1.29 is 14.3 Å². The summed E-state index contributed by atoms with van der Waals surface area (Å²) in [5, 5.41) is 3.34. The number of nitrogens with two attached hydrogens (primary N) is 1. The number of thiophene rings is 1. The van der Waals surface area contributed by atoms with Crippen molar-refractivity contribution in [3.05, 3.63) is 16.0 Å². The number of rotatable bonds is 4. The van der Waals surface area contributed by atoms with Gasteiger partial charge in [0.2, 0.25) is 0 Å². The summed E-state index contributed by atoms with van der Waals surface area (Å²) in [6.45, 7) is 1.66. The molecule has 6 heteroatoms. The maximum atomic E-state index is 11.9. The predicted molar refractivity (Wildman–Crippen MR) is 79.2 cm³/mol. The fourth-order valence-corrected chi connectivity index (χ4v) is 3.71. The van der Waals surface area contributed by atoms with Crippen molar-refractivity contribution in [3.8, 4) is 0 Å². The molecule has 0 bridgehead atoms. The average Bonchev–Trinajstić information content (AvgIpc) is 2.59. The molecule has 0 spiro atoms. The summed E-state index contributed by atoms with van der Waals surface area (Å²) in [5.41, 5.74) is 7.02. The summed E-state index contributed by atoms with van der Waals surface area (Å²) in [4.78, 5) is 24.8. The maximum Gasteiger partial charge on any atom is 0.253 e. The highest BCUT2D eigenvalue weighted by Gasteiger charge is 2.25. The highest BCUT2D eigenvalue weighted by Crippen LogP contribution is 2.37. The van der Waals surface area contributed by atoms with Gasteiger partial charge >= 0.3 is 0 Å². The number of anilines is 1. The average molecular weight is 296 g/mol. The summed E-state index contributed by atoms with van der Waals surface area (Å²) < 4.78 is 4.98. The van der Waals surface area contributed by atoms with Crippen LogP contribution in [0.1, 0.15) is 47.0 Å². The number of hydrogen-bond acceptors (Lipinski definition) is 4. The molecule has 0 saturated carbocycles. The van der Waals surface area contributed by atoms with E-state index in [-0.39, 0.29) is 5.91 Å². The smallest absolute Gasteiger partial charge is 0.253 e. The number of nitrogens with one attached hydrogen (secondary N) is 1. The van der Waals surface area contributed by atoms with Gasteiger partial charge in [0.05, 0.1) is 5.56 Å². The van der Waals surface area contributed by atoms with Crippen molar-refractivity contribution in [2.24, 2.45) is 5.73 Å². The van der Waals surface area contributed by atoms with E-state index >= 15 is 0 Å². The normalized spacial score (nSPS) is 16.1. The Hall–Kier alpha value is -1.40. The SMILES string of the molecule is CO[C@H](C)C(=O)Nc1sc2c(c1C(N)=O)CCCCC2. The van der Waals surface area contributed by atoms with Crippen molar-refractivity contribution in [2.45, 2.75) is 45.1 Å². The number of aryl methyl sites for hydroxylation is 1. The van der Waals surface area contributed by atoms with Crippen LogP contribution in [0.4, 0.5) is 5.00 Å². The second-order valence-corrected chi connectivity index (χ2v) is 6.11. The number of hydrogen-bond donors (Lipinski definition) is 2. The first-order valence-electron chi connectivity index (χ1n) is 6.82. The molecule has 0 radical (unpaired) electrons. The van der Waals surface area contributed by atoms with Gasteiger partial charge in [-0.15, -0.1) is 11.3 Å². The molecule has 1 aromatic rings. The van der Waals surface area contributed by atoms with Crippen LogP contribution < -0.4 is 11.1 Å². The molecule has 2 rings (SSSR count). The third-order valence-corrected chi connectivity index (χ3v) is 4.83. The van der Waals surface area contributed by atoms with Gasteiger partial charge in [0.1, 0.15) is 11.1 Å². The largest absolute Gasteiger partial charge is 0.372 e. The van der Waals surface area contributed by atoms with Gasteiger partial charge < -0.3 is 15.8 Å². The summed E-state index contributed by atoms with van der Waals surface area (Å²) in [6, 6.07) is 0. The molecule has 0 unspecified atom stereocenters. The van der Waals surface area contributed by atoms with Gasteiger partial charge in [-0.1, -0.05) is 6.42 Å². The molecule has 110 valence electrons. The number of primary amides is 1. The molecule has 0 fully saturated rings. The molecule has 0 aromatic carbocycles. The summed E-state index contributed by atoms with van der Waals surface area (Å²) in [7, 11) is 1.48. The van der Waals surface area contributed by atoms with Crippen LogP contribution in [-0.4, -0.2) is 25.0 Å². The highest BCUT2D eigenvalue weighted by molar-refractivity contribution is 7.17. The Balaban J connectivity index is 2.33. The maximum absolute atomic E-state index is 11.9. The molecule has 1 aliphatic carbocycles. The Labute approximate surface area is 122 Å². The molecule has 1 aromatic heterocycles. The third kappa shape index (κ3) is 3.02. The van der Waals surface area contributed by atoms with Crippen LogP contribution in [0.15, 0.2) is 0 Å². The molecule has 5 nitrogen and oxygen atoms in total. The van der Waals surface area contributed by atoms with Crippen LogP contribution in [0, 0.1) is 0 Å². The van der Waals surface area contributed by atoms with Crippen molar-refractivity contribution >= 4 is 28.2 Å². The predicted octanol–water partition coefficient (Wildman–Crippen LogP) is 2.09. The van der Waals surface area contributed by atoms with E-state index in [9.17, 15) is 9.59 Å². The van der Waals surface area contributed by atoms with E-state index in [2.05, 4.69) is 5.32 Å². The minimum absolute atomic E-state index is 0.258. The first kappa shape index (κ1) is 15.0. The zero-order valence-corrected chi connectivity index (χ0v) is 12.6. The Kier molecular flexibility index (Phi) is 4.77. The van der Waals surface area contributed by atoms with Crippen molar-refractivity contribution in [1.82, 2.24) is 0 Å². The van der Waals surface area contributed by atoms with Crippen molar-refractivity contribution in [1.29, 1.82) is 0 Å². The number of carbonyl (C=O) groups excluding carboxylic acids is 2. The van der Waals surface area contributed by atoms with Gasteiger partial charge in [0.25, 0.3) is 11.8 Å². The quantitative estimate of drug-likeness (QED) is 0.835. The van der Waals surface area contributed by atoms with Gasteiger partial charge in [0, 0.05) is 12.0 Å².